The normalized spacial score (nSPS) is 10.5. The first-order valence-corrected chi connectivity index (χ1v) is 4.61. The molecule has 0 radical (unpaired) electrons. The van der Waals surface area contributed by atoms with E-state index in [1.807, 2.05) is 19.9 Å². The van der Waals surface area contributed by atoms with Gasteiger partial charge in [0.2, 0.25) is 0 Å². The number of hydrogen-bond acceptors (Lipinski definition) is 0. The van der Waals surface area contributed by atoms with Gasteiger partial charge in [0.1, 0.15) is 0 Å². The van der Waals surface area contributed by atoms with Gasteiger partial charge < -0.3 is 0 Å². The molecule has 0 fully saturated rings. The summed E-state index contributed by atoms with van der Waals surface area (Å²) in [4.78, 5) is 0. The monoisotopic (exact) mass is 158 g/mol. The topological polar surface area (TPSA) is 0 Å². The molecule has 11 heavy (non-hydrogen) atoms. The Bertz CT molecular complexity index is 93.2. The second-order valence-electron chi connectivity index (χ2n) is 3.79. The lowest BCUT2D eigenvalue weighted by Crippen LogP contribution is -2.09. The van der Waals surface area contributed by atoms with Crippen LogP contribution in [-0.2, 0) is 0 Å². The molecular weight excluding hydrogens is 132 g/mol. The van der Waals surface area contributed by atoms with Crippen LogP contribution >= 0.6 is 0 Å². The molecule has 0 nitrogen and oxygen atoms in total. The first kappa shape index (κ1) is 13.3. The van der Waals surface area contributed by atoms with E-state index in [2.05, 4.69) is 34.3 Å². The molecule has 0 aliphatic rings. The highest BCUT2D eigenvalue weighted by atomic mass is 14.2. The van der Waals surface area contributed by atoms with Gasteiger partial charge in [-0.25, -0.2) is 0 Å². The van der Waals surface area contributed by atoms with Crippen molar-refractivity contribution in [1.82, 2.24) is 0 Å². The van der Waals surface area contributed by atoms with Crippen LogP contribution in [0.15, 0.2) is 12.7 Å². The van der Waals surface area contributed by atoms with Gasteiger partial charge >= 0.3 is 0 Å². The summed E-state index contributed by atoms with van der Waals surface area (Å²) in [6.45, 7) is 16.7. The molecule has 0 N–H and O–H groups in total. The zero-order chi connectivity index (χ0) is 9.49. The van der Waals surface area contributed by atoms with Crippen LogP contribution in [0.4, 0.5) is 0 Å². The van der Waals surface area contributed by atoms with E-state index in [4.69, 9.17) is 0 Å². The third-order valence-corrected chi connectivity index (χ3v) is 1.49. The molecule has 0 saturated heterocycles. The quantitative estimate of drug-likeness (QED) is 0.530. The minimum absolute atomic E-state index is 0. The van der Waals surface area contributed by atoms with E-state index in [9.17, 15) is 0 Å². The molecule has 0 unspecified atom stereocenters. The molecule has 0 aromatic rings. The molecular formula is C11H26. The van der Waals surface area contributed by atoms with E-state index in [0.717, 1.165) is 5.92 Å². The molecule has 0 rings (SSSR count). The zero-order valence-electron chi connectivity index (χ0n) is 9.07. The predicted octanol–water partition coefficient (Wildman–Crippen LogP) is 4.52. The van der Waals surface area contributed by atoms with Crippen molar-refractivity contribution in [3.63, 3.8) is 0 Å². The van der Waals surface area contributed by atoms with Gasteiger partial charge in [-0.15, -0.1) is 6.58 Å². The molecule has 0 heteroatoms. The molecule has 0 atom stereocenters. The Balaban J connectivity index is -0.000000249. The van der Waals surface area contributed by atoms with E-state index in [1.54, 1.807) is 0 Å². The molecule has 0 aromatic carbocycles. The molecule has 0 bridgehead atoms. The lowest BCUT2D eigenvalue weighted by atomic mass is 9.84. The average Bonchev–Trinajstić information content (AvgIpc) is 1.90. The number of allylic oxidation sites excluding steroid dienone is 1. The number of rotatable bonds is 3. The average molecular weight is 158 g/mol. The maximum Gasteiger partial charge on any atom is 0 e. The smallest absolute Gasteiger partial charge is 0 e. The minimum atomic E-state index is 0. The molecule has 70 valence electrons. The van der Waals surface area contributed by atoms with Crippen LogP contribution in [0.5, 0.6) is 0 Å². The van der Waals surface area contributed by atoms with Gasteiger partial charge in [-0.05, 0) is 17.8 Å². The molecule has 0 saturated carbocycles. The van der Waals surface area contributed by atoms with Crippen molar-refractivity contribution in [2.24, 2.45) is 11.3 Å². The van der Waals surface area contributed by atoms with Crippen molar-refractivity contribution in [1.29, 1.82) is 0 Å². The summed E-state index contributed by atoms with van der Waals surface area (Å²) < 4.78 is 0. The SMILES string of the molecule is C=CC(C)(C)CC(C)C.CC.[HH]. The van der Waals surface area contributed by atoms with Gasteiger partial charge in [0.15, 0.2) is 0 Å². The standard InChI is InChI=1S/C9H18.C2H6.H2/c1-6-9(4,5)7-8(2)3;1-2;/h6,8H,1,7H2,2-5H3;1-2H3;1H. The van der Waals surface area contributed by atoms with Crippen LogP contribution in [0.2, 0.25) is 0 Å². The minimum Gasteiger partial charge on any atom is -0.103 e. The fourth-order valence-electron chi connectivity index (χ4n) is 1.14. The van der Waals surface area contributed by atoms with Crippen LogP contribution in [0.1, 0.15) is 49.4 Å². The fourth-order valence-corrected chi connectivity index (χ4v) is 1.14. The second kappa shape index (κ2) is 6.45. The Labute approximate surface area is 74.2 Å². The lowest BCUT2D eigenvalue weighted by molar-refractivity contribution is 0.367. The lowest BCUT2D eigenvalue weighted by Gasteiger charge is -2.21. The Morgan fingerprint density at radius 1 is 1.36 bits per heavy atom. The number of hydrogen-bond donors (Lipinski definition) is 0. The van der Waals surface area contributed by atoms with Gasteiger partial charge in [-0.1, -0.05) is 47.6 Å². The Kier molecular flexibility index (Phi) is 7.82. The van der Waals surface area contributed by atoms with Crippen LogP contribution in [0.25, 0.3) is 0 Å². The fraction of sp³-hybridized carbons (Fsp3) is 0.818. The molecule has 0 heterocycles. The molecule has 0 aliphatic heterocycles. The van der Waals surface area contributed by atoms with Gasteiger partial charge in [0.25, 0.3) is 0 Å². The summed E-state index contributed by atoms with van der Waals surface area (Å²) in [6.07, 6.45) is 3.27. The Hall–Kier alpha value is -0.260. The van der Waals surface area contributed by atoms with E-state index in [1.165, 1.54) is 6.42 Å². The molecule has 0 aromatic heterocycles. The first-order chi connectivity index (χ1) is 4.98. The van der Waals surface area contributed by atoms with Crippen LogP contribution in [0, 0.1) is 11.3 Å². The van der Waals surface area contributed by atoms with Crippen LogP contribution in [-0.4, -0.2) is 0 Å². The Morgan fingerprint density at radius 2 is 1.73 bits per heavy atom. The summed E-state index contributed by atoms with van der Waals surface area (Å²) in [5, 5.41) is 0. The largest absolute Gasteiger partial charge is 0.103 e. The molecule has 0 aliphatic carbocycles. The van der Waals surface area contributed by atoms with Crippen molar-refractivity contribution < 1.29 is 1.43 Å². The van der Waals surface area contributed by atoms with E-state index >= 15 is 0 Å². The maximum absolute atomic E-state index is 3.79. The third kappa shape index (κ3) is 9.74. The summed E-state index contributed by atoms with van der Waals surface area (Å²) in [6, 6.07) is 0. The predicted molar refractivity (Wildman–Crippen MR) is 56.9 cm³/mol. The van der Waals surface area contributed by atoms with E-state index in [0.29, 0.717) is 5.41 Å². The zero-order valence-corrected chi connectivity index (χ0v) is 9.07. The molecule has 0 spiro atoms. The van der Waals surface area contributed by atoms with Crippen molar-refractivity contribution in [2.75, 3.05) is 0 Å². The highest BCUT2D eigenvalue weighted by Crippen LogP contribution is 2.25. The van der Waals surface area contributed by atoms with Gasteiger partial charge in [-0.2, -0.15) is 0 Å². The van der Waals surface area contributed by atoms with Crippen molar-refractivity contribution in [3.8, 4) is 0 Å². The van der Waals surface area contributed by atoms with E-state index < -0.39 is 0 Å². The summed E-state index contributed by atoms with van der Waals surface area (Å²) in [5.41, 5.74) is 0.328. The van der Waals surface area contributed by atoms with E-state index in [-0.39, 0.29) is 1.43 Å². The third-order valence-electron chi connectivity index (χ3n) is 1.49. The highest BCUT2D eigenvalue weighted by molar-refractivity contribution is 4.87. The van der Waals surface area contributed by atoms with Gasteiger partial charge in [0, 0.05) is 1.43 Å². The van der Waals surface area contributed by atoms with Gasteiger partial charge in [0.05, 0.1) is 0 Å². The van der Waals surface area contributed by atoms with Crippen molar-refractivity contribution in [3.05, 3.63) is 12.7 Å². The first-order valence-electron chi connectivity index (χ1n) is 4.61. The second-order valence-corrected chi connectivity index (χ2v) is 3.79. The van der Waals surface area contributed by atoms with Crippen molar-refractivity contribution >= 4 is 0 Å². The molecule has 0 amide bonds. The summed E-state index contributed by atoms with van der Waals surface area (Å²) in [5.74, 6) is 0.776. The maximum atomic E-state index is 3.79. The highest BCUT2D eigenvalue weighted by Gasteiger charge is 2.13. The Morgan fingerprint density at radius 3 is 1.82 bits per heavy atom. The van der Waals surface area contributed by atoms with Gasteiger partial charge in [-0.3, -0.25) is 0 Å². The summed E-state index contributed by atoms with van der Waals surface area (Å²) >= 11 is 0. The summed E-state index contributed by atoms with van der Waals surface area (Å²) in [7, 11) is 0. The van der Waals surface area contributed by atoms with Crippen LogP contribution in [0.3, 0.4) is 0 Å². The van der Waals surface area contributed by atoms with Crippen LogP contribution < -0.4 is 0 Å². The van der Waals surface area contributed by atoms with Crippen molar-refractivity contribution in [2.45, 2.75) is 48.0 Å².